The number of halogens is 6. The molecule has 0 heterocycles. The maximum atomic E-state index is 12.2. The number of carbonyl (C=O) groups excluding carboxylic acids is 1. The summed E-state index contributed by atoms with van der Waals surface area (Å²) in [7, 11) is 4.04. The average Bonchev–Trinajstić information content (AvgIpc) is 3.34. The Balaban J connectivity index is 0.000000804. The lowest BCUT2D eigenvalue weighted by Gasteiger charge is -2.25. The van der Waals surface area contributed by atoms with Gasteiger partial charge in [0.2, 0.25) is 5.91 Å². The van der Waals surface area contributed by atoms with Gasteiger partial charge in [0.1, 0.15) is 0 Å². The fourth-order valence-corrected chi connectivity index (χ4v) is 3.40. The van der Waals surface area contributed by atoms with Gasteiger partial charge in [-0.05, 0) is 51.3 Å². The van der Waals surface area contributed by atoms with Crippen LogP contribution in [0.5, 0.6) is 0 Å². The van der Waals surface area contributed by atoms with E-state index in [1.165, 1.54) is 31.2 Å². The lowest BCUT2D eigenvalue weighted by molar-refractivity contribution is -0.193. The Morgan fingerprint density at radius 3 is 1.61 bits per heavy atom. The molecule has 0 saturated heterocycles. The van der Waals surface area contributed by atoms with Crippen molar-refractivity contribution < 1.29 is 50.9 Å². The molecule has 1 unspecified atom stereocenters. The van der Waals surface area contributed by atoms with Crippen LogP contribution < -0.4 is 5.73 Å². The molecule has 14 heteroatoms. The van der Waals surface area contributed by atoms with Crippen LogP contribution in [0.1, 0.15) is 50.7 Å². The number of alkyl halides is 6. The number of amides is 1. The van der Waals surface area contributed by atoms with Gasteiger partial charge in [0, 0.05) is 25.7 Å². The van der Waals surface area contributed by atoms with Crippen molar-refractivity contribution in [2.24, 2.45) is 5.73 Å². The van der Waals surface area contributed by atoms with Gasteiger partial charge in [0.15, 0.2) is 0 Å². The van der Waals surface area contributed by atoms with Crippen LogP contribution in [0.25, 0.3) is 0 Å². The van der Waals surface area contributed by atoms with E-state index in [1.807, 2.05) is 20.9 Å². The van der Waals surface area contributed by atoms with Crippen molar-refractivity contribution in [2.45, 2.75) is 83.0 Å². The number of aliphatic carboxylic acids is 2. The molecule has 8 nitrogen and oxygen atoms in total. The molecule has 1 fully saturated rings. The molecule has 0 aliphatic heterocycles. The number of hydrogen-bond donors (Lipinski definition) is 3. The number of rotatable bonds is 7. The third kappa shape index (κ3) is 13.6. The van der Waals surface area contributed by atoms with Crippen molar-refractivity contribution in [1.29, 1.82) is 0 Å². The fourth-order valence-electron chi connectivity index (χ4n) is 3.40. The largest absolute Gasteiger partial charge is 0.490 e. The van der Waals surface area contributed by atoms with Crippen LogP contribution in [0.4, 0.5) is 26.3 Å². The molecule has 218 valence electrons. The number of carboxylic acids is 2. The molecule has 1 aliphatic carbocycles. The minimum Gasteiger partial charge on any atom is -0.475 e. The van der Waals surface area contributed by atoms with Crippen molar-refractivity contribution in [3.8, 4) is 0 Å². The molecule has 0 spiro atoms. The zero-order chi connectivity index (χ0) is 29.8. The van der Waals surface area contributed by atoms with Gasteiger partial charge in [-0.15, -0.1) is 0 Å². The molecule has 0 radical (unpaired) electrons. The second kappa shape index (κ2) is 15.5. The highest BCUT2D eigenvalue weighted by Crippen LogP contribution is 2.23. The van der Waals surface area contributed by atoms with Gasteiger partial charge >= 0.3 is 24.3 Å². The minimum atomic E-state index is -5.08. The topological polar surface area (TPSA) is 124 Å². The van der Waals surface area contributed by atoms with E-state index >= 15 is 0 Å². The zero-order valence-electron chi connectivity index (χ0n) is 21.6. The number of nitrogens with two attached hydrogens (primary N) is 1. The Morgan fingerprint density at radius 1 is 0.895 bits per heavy atom. The molecule has 4 N–H and O–H groups in total. The molecular weight excluding hydrogens is 524 g/mol. The highest BCUT2D eigenvalue weighted by Gasteiger charge is 2.38. The first-order chi connectivity index (χ1) is 17.3. The number of nitrogens with zero attached hydrogens (tertiary/aromatic N) is 2. The summed E-state index contributed by atoms with van der Waals surface area (Å²) in [6, 6.07) is 9.01. The van der Waals surface area contributed by atoms with Gasteiger partial charge in [-0.25, -0.2) is 9.59 Å². The molecule has 1 saturated carbocycles. The summed E-state index contributed by atoms with van der Waals surface area (Å²) in [6.07, 6.45) is -4.19. The van der Waals surface area contributed by atoms with E-state index in [9.17, 15) is 31.1 Å². The van der Waals surface area contributed by atoms with E-state index in [0.29, 0.717) is 6.42 Å². The minimum absolute atomic E-state index is 0.00930. The van der Waals surface area contributed by atoms with E-state index in [1.54, 1.807) is 4.90 Å². The molecule has 38 heavy (non-hydrogen) atoms. The highest BCUT2D eigenvalue weighted by atomic mass is 19.4. The van der Waals surface area contributed by atoms with Gasteiger partial charge in [0.05, 0.1) is 6.04 Å². The number of carboxylic acid groups (broad SMARTS) is 2. The van der Waals surface area contributed by atoms with Gasteiger partial charge in [-0.3, -0.25) is 9.69 Å². The predicted molar refractivity (Wildman–Crippen MR) is 127 cm³/mol. The van der Waals surface area contributed by atoms with Crippen LogP contribution in [0.2, 0.25) is 0 Å². The molecule has 0 aromatic heterocycles. The summed E-state index contributed by atoms with van der Waals surface area (Å²) in [5.41, 5.74) is 8.54. The van der Waals surface area contributed by atoms with Crippen LogP contribution in [0.15, 0.2) is 24.3 Å². The quantitative estimate of drug-likeness (QED) is 0.431. The van der Waals surface area contributed by atoms with Gasteiger partial charge in [0.25, 0.3) is 0 Å². The summed E-state index contributed by atoms with van der Waals surface area (Å²) in [5, 5.41) is 14.2. The molecule has 0 bridgehead atoms. The maximum Gasteiger partial charge on any atom is 0.490 e. The number of carbonyl (C=O) groups is 3. The van der Waals surface area contributed by atoms with Crippen molar-refractivity contribution in [1.82, 2.24) is 9.80 Å². The molecule has 1 atom stereocenters. The van der Waals surface area contributed by atoms with E-state index < -0.39 is 30.3 Å². The number of likely N-dealkylation sites (N-methyl/N-ethyl adjacent to an activating group) is 1. The zero-order valence-corrected chi connectivity index (χ0v) is 21.6. The fraction of sp³-hybridized carbons (Fsp3) is 0.625. The van der Waals surface area contributed by atoms with Crippen LogP contribution in [0.3, 0.4) is 0 Å². The van der Waals surface area contributed by atoms with E-state index in [4.69, 9.17) is 25.5 Å². The van der Waals surface area contributed by atoms with Gasteiger partial charge in [-0.2, -0.15) is 26.3 Å². The Morgan fingerprint density at radius 2 is 1.26 bits per heavy atom. The summed E-state index contributed by atoms with van der Waals surface area (Å²) in [6.45, 7) is 4.99. The molecule has 1 aliphatic rings. The standard InChI is InChI=1S/C20H33N3O.2C2HF3O2/c1-15(2)23(4)20(24)19(21)13-16-9-11-17(12-10-16)14-22(3)18-7-5-6-8-18;2*3-2(4,5)1(6)7/h9-12,15,18-19H,5-8,13-14,21H2,1-4H3;2*(H,6,7). The normalized spacial score (nSPS) is 14.8. The van der Waals surface area contributed by atoms with E-state index in [2.05, 4.69) is 36.2 Å². The van der Waals surface area contributed by atoms with Gasteiger partial charge < -0.3 is 20.8 Å². The lowest BCUT2D eigenvalue weighted by Crippen LogP contribution is -2.45. The summed E-state index contributed by atoms with van der Waals surface area (Å²) in [5.74, 6) is -5.50. The highest BCUT2D eigenvalue weighted by molar-refractivity contribution is 5.82. The monoisotopic (exact) mass is 559 g/mol. The van der Waals surface area contributed by atoms with Crippen LogP contribution in [-0.2, 0) is 27.3 Å². The van der Waals surface area contributed by atoms with Crippen LogP contribution in [-0.4, -0.2) is 82.4 Å². The first kappa shape index (κ1) is 35.1. The van der Waals surface area contributed by atoms with Crippen LogP contribution >= 0.6 is 0 Å². The Kier molecular flexibility index (Phi) is 14.3. The Bertz CT molecular complexity index is 861. The molecule has 1 amide bonds. The van der Waals surface area contributed by atoms with Crippen molar-refractivity contribution in [2.75, 3.05) is 14.1 Å². The maximum absolute atomic E-state index is 12.2. The Labute approximate surface area is 217 Å². The molecule has 1 aromatic carbocycles. The summed E-state index contributed by atoms with van der Waals surface area (Å²) < 4.78 is 63.5. The molecular formula is C24H35F6N3O5. The third-order valence-corrected chi connectivity index (χ3v) is 5.78. The Hall–Kier alpha value is -2.87. The SMILES string of the molecule is CC(C)N(C)C(=O)C(N)Cc1ccc(CN(C)C2CCCC2)cc1.O=C(O)C(F)(F)F.O=C(O)C(F)(F)F. The van der Waals surface area contributed by atoms with E-state index in [0.717, 1.165) is 18.2 Å². The summed E-state index contributed by atoms with van der Waals surface area (Å²) in [4.78, 5) is 34.2. The molecule has 1 aromatic rings. The van der Waals surface area contributed by atoms with Crippen LogP contribution in [0, 0.1) is 0 Å². The summed E-state index contributed by atoms with van der Waals surface area (Å²) >= 11 is 0. The second-order valence-electron chi connectivity index (χ2n) is 9.13. The van der Waals surface area contributed by atoms with Gasteiger partial charge in [-0.1, -0.05) is 37.1 Å². The smallest absolute Gasteiger partial charge is 0.475 e. The lowest BCUT2D eigenvalue weighted by atomic mass is 10.0. The van der Waals surface area contributed by atoms with Crippen molar-refractivity contribution in [3.05, 3.63) is 35.4 Å². The third-order valence-electron chi connectivity index (χ3n) is 5.78. The molecule has 2 rings (SSSR count). The predicted octanol–water partition coefficient (Wildman–Crippen LogP) is 4.06. The average molecular weight is 560 g/mol. The number of benzene rings is 1. The first-order valence-corrected chi connectivity index (χ1v) is 11.7. The second-order valence-corrected chi connectivity index (χ2v) is 9.13. The number of hydrogen-bond acceptors (Lipinski definition) is 5. The van der Waals surface area contributed by atoms with Crippen molar-refractivity contribution in [3.63, 3.8) is 0 Å². The van der Waals surface area contributed by atoms with E-state index in [-0.39, 0.29) is 11.9 Å². The van der Waals surface area contributed by atoms with Crippen molar-refractivity contribution >= 4 is 17.8 Å². The first-order valence-electron chi connectivity index (χ1n) is 11.7.